The van der Waals surface area contributed by atoms with Crippen LogP contribution in [-0.4, -0.2) is 18.2 Å². The van der Waals surface area contributed by atoms with Gasteiger partial charge in [0.25, 0.3) is 10.0 Å². The number of nitrogen functional groups attached to an aromatic ring is 1. The highest BCUT2D eigenvalue weighted by Gasteiger charge is 2.23. The molecule has 0 fully saturated rings. The number of rotatable bonds is 3. The van der Waals surface area contributed by atoms with Crippen LogP contribution in [0.3, 0.4) is 0 Å². The quantitative estimate of drug-likeness (QED) is 0.849. The number of hydrogen-bond donors (Lipinski definition) is 2. The molecule has 3 N–H and O–H groups in total. The molecule has 2 aromatic rings. The summed E-state index contributed by atoms with van der Waals surface area (Å²) in [4.78, 5) is -0.121. The minimum atomic E-state index is -3.87. The van der Waals surface area contributed by atoms with Crippen LogP contribution in [0.5, 0.6) is 0 Å². The number of nitrogens with one attached hydrogen (secondary N) is 1. The Morgan fingerprint density at radius 2 is 2.00 bits per heavy atom. The maximum atomic E-state index is 12.4. The fraction of sp³-hybridized carbons (Fsp3) is 0.250. The van der Waals surface area contributed by atoms with Gasteiger partial charge in [0.1, 0.15) is 4.90 Å². The summed E-state index contributed by atoms with van der Waals surface area (Å²) in [7, 11) is -2.13. The number of aryl methyl sites for hydroxylation is 2. The second-order valence-corrected chi connectivity index (χ2v) is 6.46. The van der Waals surface area contributed by atoms with Crippen LogP contribution < -0.4 is 10.5 Å². The molecule has 6 nitrogen and oxygen atoms in total. The lowest BCUT2D eigenvalue weighted by Crippen LogP contribution is -2.16. The monoisotopic (exact) mass is 314 g/mol. The molecule has 1 aromatic heterocycles. The van der Waals surface area contributed by atoms with Gasteiger partial charge in [0.2, 0.25) is 0 Å². The van der Waals surface area contributed by atoms with Crippen molar-refractivity contribution in [2.45, 2.75) is 18.7 Å². The SMILES string of the molecule is Cc1nn(C)c(C)c1NS(=O)(=O)c1c(N)cccc1Cl. The fourth-order valence-electron chi connectivity index (χ4n) is 1.92. The predicted octanol–water partition coefficient (Wildman–Crippen LogP) is 2.07. The standard InChI is InChI=1S/C12H15ClN4O2S/c1-7-11(8(2)17(3)15-7)16-20(18,19)12-9(13)5-4-6-10(12)14/h4-6,16H,14H2,1-3H3. The molecule has 0 aliphatic heterocycles. The minimum Gasteiger partial charge on any atom is -0.398 e. The van der Waals surface area contributed by atoms with E-state index in [1.807, 2.05) is 0 Å². The van der Waals surface area contributed by atoms with E-state index in [1.165, 1.54) is 12.1 Å². The minimum absolute atomic E-state index is 0.0803. The van der Waals surface area contributed by atoms with E-state index < -0.39 is 10.0 Å². The van der Waals surface area contributed by atoms with Gasteiger partial charge in [0.15, 0.2) is 0 Å². The highest BCUT2D eigenvalue weighted by atomic mass is 35.5. The second kappa shape index (κ2) is 4.99. The molecule has 2 rings (SSSR count). The van der Waals surface area contributed by atoms with Gasteiger partial charge in [-0.05, 0) is 26.0 Å². The summed E-state index contributed by atoms with van der Waals surface area (Å²) in [6.07, 6.45) is 0. The van der Waals surface area contributed by atoms with Crippen molar-refractivity contribution in [1.29, 1.82) is 0 Å². The lowest BCUT2D eigenvalue weighted by molar-refractivity contribution is 0.601. The molecule has 0 aliphatic carbocycles. The first-order valence-electron chi connectivity index (χ1n) is 5.81. The Kier molecular flexibility index (Phi) is 3.66. The van der Waals surface area contributed by atoms with E-state index in [1.54, 1.807) is 31.6 Å². The third-order valence-corrected chi connectivity index (χ3v) is 4.90. The highest BCUT2D eigenvalue weighted by molar-refractivity contribution is 7.93. The van der Waals surface area contributed by atoms with Crippen LogP contribution in [0.25, 0.3) is 0 Å². The second-order valence-electron chi connectivity index (χ2n) is 4.43. The van der Waals surface area contributed by atoms with Crippen LogP contribution in [0.4, 0.5) is 11.4 Å². The van der Waals surface area contributed by atoms with Crippen LogP contribution in [0.1, 0.15) is 11.4 Å². The number of hydrogen-bond acceptors (Lipinski definition) is 4. The van der Waals surface area contributed by atoms with E-state index in [2.05, 4.69) is 9.82 Å². The first kappa shape index (κ1) is 14.7. The van der Waals surface area contributed by atoms with Crippen LogP contribution in [0, 0.1) is 13.8 Å². The largest absolute Gasteiger partial charge is 0.398 e. The maximum Gasteiger partial charge on any atom is 0.265 e. The Morgan fingerprint density at radius 1 is 1.35 bits per heavy atom. The molecule has 20 heavy (non-hydrogen) atoms. The first-order valence-corrected chi connectivity index (χ1v) is 7.67. The zero-order valence-corrected chi connectivity index (χ0v) is 12.9. The lowest BCUT2D eigenvalue weighted by Gasteiger charge is -2.11. The summed E-state index contributed by atoms with van der Waals surface area (Å²) < 4.78 is 29.0. The smallest absolute Gasteiger partial charge is 0.265 e. The summed E-state index contributed by atoms with van der Waals surface area (Å²) in [6.45, 7) is 3.49. The number of sulfonamides is 1. The van der Waals surface area contributed by atoms with E-state index >= 15 is 0 Å². The first-order chi connectivity index (χ1) is 9.24. The van der Waals surface area contributed by atoms with Crippen molar-refractivity contribution in [2.24, 2.45) is 7.05 Å². The average Bonchev–Trinajstić information content (AvgIpc) is 2.55. The molecule has 0 amide bonds. The molecule has 8 heteroatoms. The summed E-state index contributed by atoms with van der Waals surface area (Å²) in [5.74, 6) is 0. The van der Waals surface area contributed by atoms with E-state index in [4.69, 9.17) is 17.3 Å². The van der Waals surface area contributed by atoms with Gasteiger partial charge in [-0.25, -0.2) is 8.42 Å². The molecule has 0 spiro atoms. The summed E-state index contributed by atoms with van der Waals surface area (Å²) in [5.41, 5.74) is 7.54. The topological polar surface area (TPSA) is 90.0 Å². The predicted molar refractivity (Wildman–Crippen MR) is 79.4 cm³/mol. The molecule has 108 valence electrons. The molecule has 0 unspecified atom stereocenters. The van der Waals surface area contributed by atoms with Crippen molar-refractivity contribution in [3.05, 3.63) is 34.6 Å². The van der Waals surface area contributed by atoms with E-state index in [0.29, 0.717) is 17.1 Å². The number of halogens is 1. The lowest BCUT2D eigenvalue weighted by atomic mass is 10.3. The molecule has 0 atom stereocenters. The normalized spacial score (nSPS) is 11.6. The van der Waals surface area contributed by atoms with Crippen LogP contribution in [-0.2, 0) is 17.1 Å². The van der Waals surface area contributed by atoms with Gasteiger partial charge in [-0.2, -0.15) is 5.10 Å². The average molecular weight is 315 g/mol. The van der Waals surface area contributed by atoms with Crippen molar-refractivity contribution in [2.75, 3.05) is 10.5 Å². The zero-order valence-electron chi connectivity index (χ0n) is 11.3. The van der Waals surface area contributed by atoms with Gasteiger partial charge in [-0.1, -0.05) is 17.7 Å². The Hall–Kier alpha value is -1.73. The maximum absolute atomic E-state index is 12.4. The number of nitrogens with zero attached hydrogens (tertiary/aromatic N) is 2. The molecule has 0 bridgehead atoms. The van der Waals surface area contributed by atoms with Crippen molar-refractivity contribution in [1.82, 2.24) is 9.78 Å². The molecular formula is C12H15ClN4O2S. The summed E-state index contributed by atoms with van der Waals surface area (Å²) >= 11 is 5.95. The summed E-state index contributed by atoms with van der Waals surface area (Å²) in [6, 6.07) is 4.57. The van der Waals surface area contributed by atoms with E-state index in [9.17, 15) is 8.42 Å². The third-order valence-electron chi connectivity index (χ3n) is 3.01. The highest BCUT2D eigenvalue weighted by Crippen LogP contribution is 2.30. The Labute approximate surface area is 122 Å². The van der Waals surface area contributed by atoms with Gasteiger partial charge in [0, 0.05) is 7.05 Å². The van der Waals surface area contributed by atoms with E-state index in [-0.39, 0.29) is 15.6 Å². The fourth-order valence-corrected chi connectivity index (χ4v) is 3.77. The van der Waals surface area contributed by atoms with Crippen LogP contribution in [0.15, 0.2) is 23.1 Å². The van der Waals surface area contributed by atoms with Crippen molar-refractivity contribution < 1.29 is 8.42 Å². The Balaban J connectivity index is 2.52. The van der Waals surface area contributed by atoms with Crippen molar-refractivity contribution in [3.63, 3.8) is 0 Å². The molecule has 0 saturated carbocycles. The molecular weight excluding hydrogens is 300 g/mol. The number of nitrogens with two attached hydrogens (primary N) is 1. The number of anilines is 2. The zero-order chi connectivity index (χ0) is 15.1. The number of aromatic nitrogens is 2. The molecule has 1 aromatic carbocycles. The molecule has 0 saturated heterocycles. The molecule has 0 aliphatic rings. The van der Waals surface area contributed by atoms with Gasteiger partial charge < -0.3 is 5.73 Å². The van der Waals surface area contributed by atoms with Crippen molar-refractivity contribution >= 4 is 33.0 Å². The van der Waals surface area contributed by atoms with Gasteiger partial charge in [-0.3, -0.25) is 9.40 Å². The number of benzene rings is 1. The summed E-state index contributed by atoms with van der Waals surface area (Å²) in [5, 5.41) is 4.24. The van der Waals surface area contributed by atoms with Crippen LogP contribution in [0.2, 0.25) is 5.02 Å². The molecule has 1 heterocycles. The van der Waals surface area contributed by atoms with Crippen LogP contribution >= 0.6 is 11.6 Å². The third kappa shape index (κ3) is 2.46. The Bertz CT molecular complexity index is 748. The van der Waals surface area contributed by atoms with Gasteiger partial charge in [0.05, 0.1) is 27.8 Å². The van der Waals surface area contributed by atoms with Gasteiger partial charge in [-0.15, -0.1) is 0 Å². The van der Waals surface area contributed by atoms with Gasteiger partial charge >= 0.3 is 0 Å². The van der Waals surface area contributed by atoms with Crippen molar-refractivity contribution in [3.8, 4) is 0 Å². The molecule has 0 radical (unpaired) electrons. The Morgan fingerprint density at radius 3 is 2.50 bits per heavy atom. The van der Waals surface area contributed by atoms with E-state index in [0.717, 1.165) is 0 Å².